The predicted octanol–water partition coefficient (Wildman–Crippen LogP) is 2.14. The number of hydrogen-bond acceptors (Lipinski definition) is 3. The minimum absolute atomic E-state index is 0.248. The van der Waals surface area contributed by atoms with E-state index in [0.29, 0.717) is 13.2 Å². The van der Waals surface area contributed by atoms with Gasteiger partial charge in [-0.1, -0.05) is 19.1 Å². The third kappa shape index (κ3) is 2.97. The molecule has 4 heteroatoms. The van der Waals surface area contributed by atoms with Gasteiger partial charge in [-0.05, 0) is 30.7 Å². The van der Waals surface area contributed by atoms with Crippen LogP contribution in [-0.4, -0.2) is 25.8 Å². The zero-order chi connectivity index (χ0) is 12.1. The molecule has 1 aromatic rings. The van der Waals surface area contributed by atoms with Crippen molar-refractivity contribution in [3.05, 3.63) is 29.8 Å². The topological polar surface area (TPSA) is 41.6 Å². The molecule has 0 spiro atoms. The van der Waals surface area contributed by atoms with Gasteiger partial charge in [-0.15, -0.1) is 0 Å². The van der Waals surface area contributed by atoms with Crippen LogP contribution in [0.4, 0.5) is 10.5 Å². The minimum Gasteiger partial charge on any atom is -0.447 e. The molecule has 17 heavy (non-hydrogen) atoms. The molecule has 2 rings (SSSR count). The highest BCUT2D eigenvalue weighted by Crippen LogP contribution is 2.18. The Hall–Kier alpha value is -1.55. The van der Waals surface area contributed by atoms with Gasteiger partial charge in [0.15, 0.2) is 0 Å². The molecule has 1 aliphatic heterocycles. The first kappa shape index (κ1) is 11.9. The molecule has 0 aliphatic carbocycles. The molecule has 1 heterocycles. The van der Waals surface area contributed by atoms with Crippen molar-refractivity contribution in [2.24, 2.45) is 0 Å². The summed E-state index contributed by atoms with van der Waals surface area (Å²) >= 11 is 0. The van der Waals surface area contributed by atoms with Gasteiger partial charge in [-0.2, -0.15) is 0 Å². The van der Waals surface area contributed by atoms with Gasteiger partial charge in [0.2, 0.25) is 0 Å². The van der Waals surface area contributed by atoms with E-state index in [1.807, 2.05) is 24.3 Å². The fraction of sp³-hybridized carbons (Fsp3) is 0.462. The van der Waals surface area contributed by atoms with Crippen LogP contribution in [-0.2, 0) is 11.3 Å². The van der Waals surface area contributed by atoms with Crippen LogP contribution in [0.15, 0.2) is 24.3 Å². The molecular weight excluding hydrogens is 216 g/mol. The Balaban J connectivity index is 1.95. The first-order chi connectivity index (χ1) is 8.31. The number of carbonyl (C=O) groups is 1. The Morgan fingerprint density at radius 3 is 2.71 bits per heavy atom. The van der Waals surface area contributed by atoms with Crippen LogP contribution in [0.1, 0.15) is 18.9 Å². The lowest BCUT2D eigenvalue weighted by Crippen LogP contribution is -2.23. The van der Waals surface area contributed by atoms with Crippen molar-refractivity contribution in [1.29, 1.82) is 0 Å². The SMILES string of the molecule is CCCNCc1ccc(N2CCOC2=O)cc1. The molecule has 1 aromatic carbocycles. The number of nitrogens with one attached hydrogen (secondary N) is 1. The van der Waals surface area contributed by atoms with Gasteiger partial charge in [0.25, 0.3) is 0 Å². The average Bonchev–Trinajstić information content (AvgIpc) is 2.77. The summed E-state index contributed by atoms with van der Waals surface area (Å²) in [7, 11) is 0. The van der Waals surface area contributed by atoms with Crippen LogP contribution in [0, 0.1) is 0 Å². The third-order valence-electron chi connectivity index (χ3n) is 2.76. The Kier molecular flexibility index (Phi) is 3.98. The van der Waals surface area contributed by atoms with Crippen LogP contribution in [0.2, 0.25) is 0 Å². The Morgan fingerprint density at radius 1 is 1.35 bits per heavy atom. The van der Waals surface area contributed by atoms with E-state index in [-0.39, 0.29) is 6.09 Å². The van der Waals surface area contributed by atoms with Crippen molar-refractivity contribution in [1.82, 2.24) is 5.32 Å². The maximum absolute atomic E-state index is 11.4. The number of ether oxygens (including phenoxy) is 1. The molecule has 0 aromatic heterocycles. The number of carbonyl (C=O) groups excluding carboxylic acids is 1. The minimum atomic E-state index is -0.248. The van der Waals surface area contributed by atoms with Crippen LogP contribution in [0.25, 0.3) is 0 Å². The molecule has 4 nitrogen and oxygen atoms in total. The Morgan fingerprint density at radius 2 is 2.12 bits per heavy atom. The molecule has 1 saturated heterocycles. The summed E-state index contributed by atoms with van der Waals surface area (Å²) in [5, 5.41) is 3.34. The van der Waals surface area contributed by atoms with Gasteiger partial charge >= 0.3 is 6.09 Å². The number of cyclic esters (lactones) is 1. The number of rotatable bonds is 5. The van der Waals surface area contributed by atoms with Crippen molar-refractivity contribution in [2.45, 2.75) is 19.9 Å². The van der Waals surface area contributed by atoms with E-state index >= 15 is 0 Å². The Bertz CT molecular complexity index is 376. The van der Waals surface area contributed by atoms with Crippen LogP contribution in [0.3, 0.4) is 0 Å². The molecule has 0 unspecified atom stereocenters. The highest BCUT2D eigenvalue weighted by Gasteiger charge is 2.23. The number of amides is 1. The van der Waals surface area contributed by atoms with Gasteiger partial charge in [-0.3, -0.25) is 4.90 Å². The molecule has 0 bridgehead atoms. The molecule has 0 saturated carbocycles. The van der Waals surface area contributed by atoms with E-state index in [0.717, 1.165) is 25.2 Å². The predicted molar refractivity (Wildman–Crippen MR) is 67.1 cm³/mol. The zero-order valence-electron chi connectivity index (χ0n) is 10.1. The number of anilines is 1. The number of nitrogens with zero attached hydrogens (tertiary/aromatic N) is 1. The normalized spacial score (nSPS) is 15.1. The molecular formula is C13H18N2O2. The second kappa shape index (κ2) is 5.68. The smallest absolute Gasteiger partial charge is 0.414 e. The molecule has 92 valence electrons. The standard InChI is InChI=1S/C13H18N2O2/c1-2-7-14-10-11-3-5-12(6-4-11)15-8-9-17-13(15)16/h3-6,14H,2,7-10H2,1H3. The van der Waals surface area contributed by atoms with Gasteiger partial charge in [0.1, 0.15) is 6.61 Å². The lowest BCUT2D eigenvalue weighted by Gasteiger charge is -2.13. The summed E-state index contributed by atoms with van der Waals surface area (Å²) in [6, 6.07) is 8.03. The van der Waals surface area contributed by atoms with Crippen LogP contribution in [0.5, 0.6) is 0 Å². The summed E-state index contributed by atoms with van der Waals surface area (Å²) < 4.78 is 4.90. The van der Waals surface area contributed by atoms with E-state index in [2.05, 4.69) is 12.2 Å². The molecule has 1 aliphatic rings. The summed E-state index contributed by atoms with van der Waals surface area (Å²) in [5.74, 6) is 0. The summed E-state index contributed by atoms with van der Waals surface area (Å²) in [4.78, 5) is 13.0. The lowest BCUT2D eigenvalue weighted by atomic mass is 10.2. The van der Waals surface area contributed by atoms with E-state index in [4.69, 9.17) is 4.74 Å². The second-order valence-corrected chi connectivity index (χ2v) is 4.11. The largest absolute Gasteiger partial charge is 0.447 e. The van der Waals surface area contributed by atoms with E-state index in [9.17, 15) is 4.79 Å². The van der Waals surface area contributed by atoms with E-state index in [1.165, 1.54) is 5.56 Å². The van der Waals surface area contributed by atoms with Crippen molar-refractivity contribution in [2.75, 3.05) is 24.6 Å². The van der Waals surface area contributed by atoms with Crippen molar-refractivity contribution < 1.29 is 9.53 Å². The summed E-state index contributed by atoms with van der Waals surface area (Å²) in [6.45, 7) is 5.18. The molecule has 0 radical (unpaired) electrons. The first-order valence-corrected chi connectivity index (χ1v) is 6.05. The molecule has 1 N–H and O–H groups in total. The highest BCUT2D eigenvalue weighted by molar-refractivity contribution is 5.89. The average molecular weight is 234 g/mol. The third-order valence-corrected chi connectivity index (χ3v) is 2.76. The van der Waals surface area contributed by atoms with Gasteiger partial charge in [0.05, 0.1) is 6.54 Å². The first-order valence-electron chi connectivity index (χ1n) is 6.05. The van der Waals surface area contributed by atoms with Crippen LogP contribution < -0.4 is 10.2 Å². The maximum Gasteiger partial charge on any atom is 0.414 e. The molecule has 1 amide bonds. The highest BCUT2D eigenvalue weighted by atomic mass is 16.6. The fourth-order valence-electron chi connectivity index (χ4n) is 1.83. The van der Waals surface area contributed by atoms with E-state index in [1.54, 1.807) is 4.90 Å². The Labute approximate surface area is 102 Å². The van der Waals surface area contributed by atoms with Crippen molar-refractivity contribution in [3.63, 3.8) is 0 Å². The van der Waals surface area contributed by atoms with E-state index < -0.39 is 0 Å². The van der Waals surface area contributed by atoms with Gasteiger partial charge < -0.3 is 10.1 Å². The summed E-state index contributed by atoms with van der Waals surface area (Å²) in [6.07, 6.45) is 0.888. The zero-order valence-corrected chi connectivity index (χ0v) is 10.1. The number of hydrogen-bond donors (Lipinski definition) is 1. The van der Waals surface area contributed by atoms with Gasteiger partial charge in [0, 0.05) is 12.2 Å². The fourth-order valence-corrected chi connectivity index (χ4v) is 1.83. The monoisotopic (exact) mass is 234 g/mol. The quantitative estimate of drug-likeness (QED) is 0.794. The van der Waals surface area contributed by atoms with Gasteiger partial charge in [-0.25, -0.2) is 4.79 Å². The maximum atomic E-state index is 11.4. The second-order valence-electron chi connectivity index (χ2n) is 4.11. The van der Waals surface area contributed by atoms with Crippen LogP contribution >= 0.6 is 0 Å². The molecule has 1 fully saturated rings. The van der Waals surface area contributed by atoms with Crippen molar-refractivity contribution >= 4 is 11.8 Å². The molecule has 0 atom stereocenters. The lowest BCUT2D eigenvalue weighted by molar-refractivity contribution is 0.181. The number of benzene rings is 1. The van der Waals surface area contributed by atoms with Crippen molar-refractivity contribution in [3.8, 4) is 0 Å². The summed E-state index contributed by atoms with van der Waals surface area (Å²) in [5.41, 5.74) is 2.14.